The van der Waals surface area contributed by atoms with Crippen molar-refractivity contribution in [2.45, 2.75) is 10.9 Å². The van der Waals surface area contributed by atoms with Crippen LogP contribution in [0.15, 0.2) is 35.7 Å². The fourth-order valence-electron chi connectivity index (χ4n) is 1.54. The molecule has 0 fully saturated rings. The minimum atomic E-state index is 0.592. The quantitative estimate of drug-likeness (QED) is 0.675. The van der Waals surface area contributed by atoms with Crippen molar-refractivity contribution in [3.05, 3.63) is 45.6 Å². The van der Waals surface area contributed by atoms with E-state index in [2.05, 4.69) is 19.8 Å². The summed E-state index contributed by atoms with van der Waals surface area (Å²) in [6, 6.07) is 7.50. The Bertz CT molecular complexity index is 727. The predicted molar refractivity (Wildman–Crippen MR) is 80.8 cm³/mol. The normalized spacial score (nSPS) is 10.9. The molecule has 0 saturated heterocycles. The van der Waals surface area contributed by atoms with Crippen LogP contribution >= 0.6 is 46.5 Å². The standard InChI is InChI=1S/C11H7Cl2N5S2/c12-7-2-1-3-8(4-7)18-6-14-16-11(18)19-5-9-10(13)20-17-15-9/h1-4,6H,5H2. The van der Waals surface area contributed by atoms with Gasteiger partial charge in [-0.3, -0.25) is 4.57 Å². The highest BCUT2D eigenvalue weighted by atomic mass is 35.5. The Labute approximate surface area is 133 Å². The van der Waals surface area contributed by atoms with Crippen molar-refractivity contribution in [1.82, 2.24) is 24.4 Å². The van der Waals surface area contributed by atoms with Crippen molar-refractivity contribution >= 4 is 46.5 Å². The number of rotatable bonds is 4. The molecule has 0 spiro atoms. The number of hydrogen-bond donors (Lipinski definition) is 0. The van der Waals surface area contributed by atoms with Gasteiger partial charge in [-0.2, -0.15) is 0 Å². The van der Waals surface area contributed by atoms with Crippen LogP contribution in [0.1, 0.15) is 5.69 Å². The van der Waals surface area contributed by atoms with Crippen LogP contribution in [-0.4, -0.2) is 24.4 Å². The SMILES string of the molecule is Clc1cccc(-n2cnnc2SCc2nnsc2Cl)c1. The molecule has 9 heteroatoms. The topological polar surface area (TPSA) is 56.5 Å². The lowest BCUT2D eigenvalue weighted by Crippen LogP contribution is -1.95. The van der Waals surface area contributed by atoms with E-state index in [-0.39, 0.29) is 0 Å². The molecule has 5 nitrogen and oxygen atoms in total. The number of aromatic nitrogens is 5. The van der Waals surface area contributed by atoms with E-state index in [4.69, 9.17) is 23.2 Å². The molecular weight excluding hydrogens is 337 g/mol. The first-order valence-corrected chi connectivity index (χ1v) is 8.01. The fourth-order valence-corrected chi connectivity index (χ4v) is 3.39. The molecule has 0 bridgehead atoms. The van der Waals surface area contributed by atoms with Gasteiger partial charge >= 0.3 is 0 Å². The second-order valence-electron chi connectivity index (χ2n) is 3.75. The molecule has 3 aromatic rings. The Morgan fingerprint density at radius 1 is 1.25 bits per heavy atom. The molecule has 3 rings (SSSR count). The van der Waals surface area contributed by atoms with E-state index in [9.17, 15) is 0 Å². The Morgan fingerprint density at radius 2 is 2.15 bits per heavy atom. The summed E-state index contributed by atoms with van der Waals surface area (Å²) in [6.07, 6.45) is 1.65. The van der Waals surface area contributed by atoms with Crippen LogP contribution in [0, 0.1) is 0 Å². The number of halogens is 2. The highest BCUT2D eigenvalue weighted by Gasteiger charge is 2.11. The summed E-state index contributed by atoms with van der Waals surface area (Å²) in [6.45, 7) is 0. The van der Waals surface area contributed by atoms with Crippen LogP contribution in [0.3, 0.4) is 0 Å². The van der Waals surface area contributed by atoms with Gasteiger partial charge < -0.3 is 0 Å². The third-order valence-electron chi connectivity index (χ3n) is 2.45. The second kappa shape index (κ2) is 6.09. The highest BCUT2D eigenvalue weighted by Crippen LogP contribution is 2.27. The van der Waals surface area contributed by atoms with E-state index in [0.717, 1.165) is 16.5 Å². The molecule has 0 amide bonds. The minimum absolute atomic E-state index is 0.592. The maximum Gasteiger partial charge on any atom is 0.195 e. The zero-order valence-corrected chi connectivity index (χ0v) is 13.0. The fraction of sp³-hybridized carbons (Fsp3) is 0.0909. The number of thioether (sulfide) groups is 1. The van der Waals surface area contributed by atoms with E-state index in [1.807, 2.05) is 28.8 Å². The third-order valence-corrected chi connectivity index (χ3v) is 4.62. The number of nitrogens with zero attached hydrogens (tertiary/aromatic N) is 5. The summed E-state index contributed by atoms with van der Waals surface area (Å²) in [5, 5.41) is 13.4. The van der Waals surface area contributed by atoms with Gasteiger partial charge in [0.25, 0.3) is 0 Å². The van der Waals surface area contributed by atoms with Gasteiger partial charge in [0.2, 0.25) is 0 Å². The van der Waals surface area contributed by atoms with Gasteiger partial charge in [-0.25, -0.2) is 0 Å². The molecule has 102 valence electrons. The summed E-state index contributed by atoms with van der Waals surface area (Å²) in [4.78, 5) is 0. The molecule has 0 aliphatic rings. The average molecular weight is 344 g/mol. The second-order valence-corrected chi connectivity index (χ2v) is 6.48. The summed E-state index contributed by atoms with van der Waals surface area (Å²) in [5.74, 6) is 0.592. The van der Waals surface area contributed by atoms with E-state index < -0.39 is 0 Å². The van der Waals surface area contributed by atoms with Gasteiger partial charge in [0.05, 0.1) is 5.69 Å². The Morgan fingerprint density at radius 3 is 2.90 bits per heavy atom. The van der Waals surface area contributed by atoms with Crippen molar-refractivity contribution in [3.63, 3.8) is 0 Å². The van der Waals surface area contributed by atoms with E-state index in [0.29, 0.717) is 15.1 Å². The van der Waals surface area contributed by atoms with Gasteiger partial charge in [-0.15, -0.1) is 15.3 Å². The lowest BCUT2D eigenvalue weighted by atomic mass is 10.3. The zero-order chi connectivity index (χ0) is 13.9. The summed E-state index contributed by atoms with van der Waals surface area (Å²) < 4.78 is 6.27. The minimum Gasteiger partial charge on any atom is -0.277 e. The van der Waals surface area contributed by atoms with Crippen LogP contribution in [0.2, 0.25) is 9.36 Å². The molecule has 0 radical (unpaired) electrons. The average Bonchev–Trinajstić information content (AvgIpc) is 3.05. The van der Waals surface area contributed by atoms with Crippen LogP contribution in [0.5, 0.6) is 0 Å². The zero-order valence-electron chi connectivity index (χ0n) is 9.90. The first kappa shape index (κ1) is 13.8. The van der Waals surface area contributed by atoms with Crippen LogP contribution < -0.4 is 0 Å². The van der Waals surface area contributed by atoms with Crippen molar-refractivity contribution in [1.29, 1.82) is 0 Å². The van der Waals surface area contributed by atoms with Crippen LogP contribution in [-0.2, 0) is 5.75 Å². The molecule has 2 heterocycles. The molecule has 20 heavy (non-hydrogen) atoms. The molecule has 0 N–H and O–H groups in total. The van der Waals surface area contributed by atoms with Crippen LogP contribution in [0.25, 0.3) is 5.69 Å². The lowest BCUT2D eigenvalue weighted by molar-refractivity contribution is 0.882. The molecule has 0 aliphatic carbocycles. The van der Waals surface area contributed by atoms with Gasteiger partial charge in [0.15, 0.2) is 5.16 Å². The summed E-state index contributed by atoms with van der Waals surface area (Å²) >= 11 is 14.6. The smallest absolute Gasteiger partial charge is 0.195 e. The third kappa shape index (κ3) is 2.95. The van der Waals surface area contributed by atoms with Gasteiger partial charge in [0.1, 0.15) is 16.4 Å². The molecule has 2 aromatic heterocycles. The van der Waals surface area contributed by atoms with E-state index >= 15 is 0 Å². The van der Waals surface area contributed by atoms with Crippen molar-refractivity contribution in [2.75, 3.05) is 0 Å². The van der Waals surface area contributed by atoms with Gasteiger partial charge in [0, 0.05) is 22.3 Å². The lowest BCUT2D eigenvalue weighted by Gasteiger charge is -2.05. The van der Waals surface area contributed by atoms with Crippen molar-refractivity contribution in [3.8, 4) is 5.69 Å². The molecule has 0 saturated carbocycles. The molecule has 0 aliphatic heterocycles. The maximum absolute atomic E-state index is 6.00. The Hall–Kier alpha value is -1.15. The summed E-state index contributed by atoms with van der Waals surface area (Å²) in [7, 11) is 0. The Kier molecular flexibility index (Phi) is 4.21. The van der Waals surface area contributed by atoms with Gasteiger partial charge in [-0.05, 0) is 18.2 Å². The Balaban J connectivity index is 1.82. The molecular formula is C11H7Cl2N5S2. The van der Waals surface area contributed by atoms with Gasteiger partial charge in [-0.1, -0.05) is 45.5 Å². The van der Waals surface area contributed by atoms with Crippen molar-refractivity contribution < 1.29 is 0 Å². The highest BCUT2D eigenvalue weighted by molar-refractivity contribution is 7.98. The number of hydrogen-bond acceptors (Lipinski definition) is 6. The largest absolute Gasteiger partial charge is 0.277 e. The first-order valence-electron chi connectivity index (χ1n) is 5.49. The van der Waals surface area contributed by atoms with E-state index in [1.54, 1.807) is 6.33 Å². The van der Waals surface area contributed by atoms with Crippen LogP contribution in [0.4, 0.5) is 0 Å². The van der Waals surface area contributed by atoms with E-state index in [1.165, 1.54) is 23.3 Å². The van der Waals surface area contributed by atoms with Crippen molar-refractivity contribution in [2.24, 2.45) is 0 Å². The number of benzene rings is 1. The first-order chi connectivity index (χ1) is 9.74. The molecule has 1 aromatic carbocycles. The predicted octanol–water partition coefficient (Wildman–Crippen LogP) is 3.72. The molecule has 0 atom stereocenters. The molecule has 0 unspecified atom stereocenters. The monoisotopic (exact) mass is 343 g/mol. The summed E-state index contributed by atoms with van der Waals surface area (Å²) in [5.41, 5.74) is 1.66. The maximum atomic E-state index is 6.00.